The van der Waals surface area contributed by atoms with Gasteiger partial charge >= 0.3 is 0 Å². The summed E-state index contributed by atoms with van der Waals surface area (Å²) in [5, 5.41) is 0. The summed E-state index contributed by atoms with van der Waals surface area (Å²) in [4.78, 5) is 3.12. The molecule has 1 aliphatic rings. The SMILES string of the molecule is CC(=CCl)CN1CCCC(Br)C1. The van der Waals surface area contributed by atoms with Crippen LogP contribution in [0.5, 0.6) is 0 Å². The normalized spacial score (nSPS) is 27.6. The van der Waals surface area contributed by atoms with Gasteiger partial charge in [0.2, 0.25) is 0 Å². The van der Waals surface area contributed by atoms with Gasteiger partial charge in [0.15, 0.2) is 0 Å². The molecule has 1 aliphatic heterocycles. The first-order chi connectivity index (χ1) is 5.72. The number of hydrogen-bond donors (Lipinski definition) is 0. The van der Waals surface area contributed by atoms with Gasteiger partial charge in [-0.1, -0.05) is 27.5 Å². The Morgan fingerprint density at radius 2 is 2.50 bits per heavy atom. The molecule has 70 valence electrons. The van der Waals surface area contributed by atoms with Crippen molar-refractivity contribution < 1.29 is 0 Å². The highest BCUT2D eigenvalue weighted by molar-refractivity contribution is 9.09. The van der Waals surface area contributed by atoms with Crippen LogP contribution >= 0.6 is 27.5 Å². The molecule has 1 fully saturated rings. The molecule has 1 unspecified atom stereocenters. The zero-order valence-electron chi connectivity index (χ0n) is 7.39. The quantitative estimate of drug-likeness (QED) is 0.683. The van der Waals surface area contributed by atoms with Gasteiger partial charge in [-0.15, -0.1) is 0 Å². The third-order valence-electron chi connectivity index (χ3n) is 2.11. The summed E-state index contributed by atoms with van der Waals surface area (Å²) < 4.78 is 0. The zero-order chi connectivity index (χ0) is 8.97. The maximum atomic E-state index is 5.61. The van der Waals surface area contributed by atoms with Crippen LogP contribution in [0.15, 0.2) is 11.1 Å². The molecule has 0 aromatic carbocycles. The Hall–Kier alpha value is 0.470. The molecule has 0 spiro atoms. The molecular formula is C9H15BrClN. The van der Waals surface area contributed by atoms with Crippen molar-refractivity contribution in [2.24, 2.45) is 0 Å². The molecule has 12 heavy (non-hydrogen) atoms. The third-order valence-corrected chi connectivity index (χ3v) is 3.23. The van der Waals surface area contributed by atoms with Crippen LogP contribution in [0.4, 0.5) is 0 Å². The first kappa shape index (κ1) is 10.6. The molecular weight excluding hydrogens is 237 g/mol. The number of halogens is 2. The summed E-state index contributed by atoms with van der Waals surface area (Å²) >= 11 is 9.25. The summed E-state index contributed by atoms with van der Waals surface area (Å²) in [6.07, 6.45) is 2.60. The number of piperidine rings is 1. The predicted molar refractivity (Wildman–Crippen MR) is 58.0 cm³/mol. The molecule has 0 saturated carbocycles. The highest BCUT2D eigenvalue weighted by Crippen LogP contribution is 2.17. The molecule has 0 aromatic heterocycles. The maximum absolute atomic E-state index is 5.61. The van der Waals surface area contributed by atoms with Crippen molar-refractivity contribution in [3.63, 3.8) is 0 Å². The van der Waals surface area contributed by atoms with E-state index in [2.05, 4.69) is 27.8 Å². The highest BCUT2D eigenvalue weighted by Gasteiger charge is 2.16. The molecule has 3 heteroatoms. The van der Waals surface area contributed by atoms with E-state index in [1.165, 1.54) is 25.0 Å². The molecule has 0 amide bonds. The van der Waals surface area contributed by atoms with E-state index in [0.29, 0.717) is 4.83 Å². The van der Waals surface area contributed by atoms with E-state index in [1.54, 1.807) is 5.54 Å². The van der Waals surface area contributed by atoms with Crippen molar-refractivity contribution in [3.05, 3.63) is 11.1 Å². The fraction of sp³-hybridized carbons (Fsp3) is 0.778. The second-order valence-electron chi connectivity index (χ2n) is 3.43. The van der Waals surface area contributed by atoms with Crippen molar-refractivity contribution in [2.45, 2.75) is 24.6 Å². The van der Waals surface area contributed by atoms with Gasteiger partial charge in [-0.3, -0.25) is 4.90 Å². The van der Waals surface area contributed by atoms with E-state index in [1.807, 2.05) is 0 Å². The number of hydrogen-bond acceptors (Lipinski definition) is 1. The minimum atomic E-state index is 0.675. The topological polar surface area (TPSA) is 3.24 Å². The number of likely N-dealkylation sites (tertiary alicyclic amines) is 1. The lowest BCUT2D eigenvalue weighted by Crippen LogP contribution is -2.36. The van der Waals surface area contributed by atoms with Crippen LogP contribution in [0.3, 0.4) is 0 Å². The molecule has 0 aliphatic carbocycles. The average Bonchev–Trinajstić information content (AvgIpc) is 2.04. The van der Waals surface area contributed by atoms with Gasteiger partial charge in [0.1, 0.15) is 0 Å². The summed E-state index contributed by atoms with van der Waals surface area (Å²) in [7, 11) is 0. The monoisotopic (exact) mass is 251 g/mol. The van der Waals surface area contributed by atoms with E-state index in [-0.39, 0.29) is 0 Å². The Balaban J connectivity index is 2.32. The first-order valence-electron chi connectivity index (χ1n) is 4.34. The second kappa shape index (κ2) is 5.25. The lowest BCUT2D eigenvalue weighted by Gasteiger charge is -2.29. The molecule has 1 atom stereocenters. The average molecular weight is 253 g/mol. The molecule has 0 N–H and O–H groups in total. The predicted octanol–water partition coefficient (Wildman–Crippen LogP) is 2.99. The molecule has 1 rings (SSSR count). The van der Waals surface area contributed by atoms with Crippen LogP contribution < -0.4 is 0 Å². The fourth-order valence-electron chi connectivity index (χ4n) is 1.53. The van der Waals surface area contributed by atoms with Crippen molar-refractivity contribution in [1.29, 1.82) is 0 Å². The standard InChI is InChI=1S/C9H15BrClN/c1-8(5-11)6-12-4-2-3-9(10)7-12/h5,9H,2-4,6-7H2,1H3. The molecule has 1 saturated heterocycles. The summed E-state index contributed by atoms with van der Waals surface area (Å²) in [5.74, 6) is 0. The maximum Gasteiger partial charge on any atom is 0.0273 e. The van der Waals surface area contributed by atoms with Gasteiger partial charge in [0, 0.05) is 23.5 Å². The van der Waals surface area contributed by atoms with Crippen LogP contribution in [0.2, 0.25) is 0 Å². The lowest BCUT2D eigenvalue weighted by molar-refractivity contribution is 0.254. The lowest BCUT2D eigenvalue weighted by atomic mass is 10.1. The van der Waals surface area contributed by atoms with Gasteiger partial charge in [0.25, 0.3) is 0 Å². The summed E-state index contributed by atoms with van der Waals surface area (Å²) in [6.45, 7) is 5.46. The van der Waals surface area contributed by atoms with E-state index in [4.69, 9.17) is 11.6 Å². The van der Waals surface area contributed by atoms with Gasteiger partial charge in [-0.05, 0) is 31.9 Å². The van der Waals surface area contributed by atoms with Crippen molar-refractivity contribution in [1.82, 2.24) is 4.90 Å². The molecule has 0 radical (unpaired) electrons. The Morgan fingerprint density at radius 1 is 1.75 bits per heavy atom. The van der Waals surface area contributed by atoms with Gasteiger partial charge in [-0.25, -0.2) is 0 Å². The number of rotatable bonds is 2. The largest absolute Gasteiger partial charge is 0.298 e. The summed E-state index contributed by atoms with van der Waals surface area (Å²) in [6, 6.07) is 0. The van der Waals surface area contributed by atoms with Gasteiger partial charge in [0.05, 0.1) is 0 Å². The summed E-state index contributed by atoms with van der Waals surface area (Å²) in [5.41, 5.74) is 2.93. The number of nitrogens with zero attached hydrogens (tertiary/aromatic N) is 1. The highest BCUT2D eigenvalue weighted by atomic mass is 79.9. The molecule has 0 aromatic rings. The van der Waals surface area contributed by atoms with E-state index < -0.39 is 0 Å². The van der Waals surface area contributed by atoms with Crippen LogP contribution in [0, 0.1) is 0 Å². The van der Waals surface area contributed by atoms with Gasteiger partial charge < -0.3 is 0 Å². The fourth-order valence-corrected chi connectivity index (χ4v) is 2.33. The van der Waals surface area contributed by atoms with Gasteiger partial charge in [-0.2, -0.15) is 0 Å². The second-order valence-corrected chi connectivity index (χ2v) is 4.94. The van der Waals surface area contributed by atoms with E-state index in [0.717, 1.165) is 13.1 Å². The van der Waals surface area contributed by atoms with Crippen molar-refractivity contribution >= 4 is 27.5 Å². The Labute approximate surface area is 87.9 Å². The molecule has 0 bridgehead atoms. The van der Waals surface area contributed by atoms with Crippen LogP contribution in [-0.2, 0) is 0 Å². The van der Waals surface area contributed by atoms with Crippen LogP contribution in [0.25, 0.3) is 0 Å². The molecule has 1 nitrogen and oxygen atoms in total. The van der Waals surface area contributed by atoms with Crippen molar-refractivity contribution in [3.8, 4) is 0 Å². The molecule has 1 heterocycles. The first-order valence-corrected chi connectivity index (χ1v) is 5.70. The van der Waals surface area contributed by atoms with Crippen LogP contribution in [-0.4, -0.2) is 29.4 Å². The van der Waals surface area contributed by atoms with E-state index in [9.17, 15) is 0 Å². The Bertz CT molecular complexity index is 170. The van der Waals surface area contributed by atoms with Crippen molar-refractivity contribution in [2.75, 3.05) is 19.6 Å². The third kappa shape index (κ3) is 3.46. The minimum Gasteiger partial charge on any atom is -0.298 e. The van der Waals surface area contributed by atoms with E-state index >= 15 is 0 Å². The Kier molecular flexibility index (Phi) is 4.62. The van der Waals surface area contributed by atoms with Crippen LogP contribution in [0.1, 0.15) is 19.8 Å². The zero-order valence-corrected chi connectivity index (χ0v) is 9.74. The Morgan fingerprint density at radius 3 is 3.08 bits per heavy atom. The number of alkyl halides is 1. The smallest absolute Gasteiger partial charge is 0.0273 e. The minimum absolute atomic E-state index is 0.675.